The van der Waals surface area contributed by atoms with Gasteiger partial charge in [0.15, 0.2) is 0 Å². The molecule has 0 aromatic heterocycles. The topological polar surface area (TPSA) is 38.4 Å². The maximum Gasteiger partial charge on any atom is 0.418 e. The van der Waals surface area contributed by atoms with Crippen molar-refractivity contribution >= 4 is 27.5 Å². The van der Waals surface area contributed by atoms with Gasteiger partial charge in [0.2, 0.25) is 0 Å². The highest BCUT2D eigenvalue weighted by Gasteiger charge is 2.34. The van der Waals surface area contributed by atoms with E-state index in [0.717, 1.165) is 6.07 Å². The number of alkyl halides is 3. The van der Waals surface area contributed by atoms with E-state index < -0.39 is 17.2 Å². The summed E-state index contributed by atoms with van der Waals surface area (Å²) in [5, 5.41) is 0. The van der Waals surface area contributed by atoms with Crippen LogP contribution in [0.3, 0.4) is 0 Å². The number of rotatable bonds is 1. The Hall–Kier alpha value is -1.04. The molecule has 0 amide bonds. The Bertz CT molecular complexity index is 473. The summed E-state index contributed by atoms with van der Waals surface area (Å²) in [4.78, 5) is 3.89. The average molecular weight is 323 g/mol. The lowest BCUT2D eigenvalue weighted by Gasteiger charge is -2.18. The molecule has 1 aromatic carbocycles. The lowest BCUT2D eigenvalue weighted by atomic mass is 9.95. The number of benzene rings is 1. The van der Waals surface area contributed by atoms with Gasteiger partial charge in [-0.25, -0.2) is 4.99 Å². The smallest absolute Gasteiger partial charge is 0.387 e. The Labute approximate surface area is 112 Å². The molecule has 0 aliphatic carbocycles. The maximum atomic E-state index is 12.8. The van der Waals surface area contributed by atoms with Gasteiger partial charge >= 0.3 is 6.18 Å². The molecule has 0 unspecified atom stereocenters. The van der Waals surface area contributed by atoms with Crippen molar-refractivity contribution in [3.63, 3.8) is 0 Å². The van der Waals surface area contributed by atoms with Crippen LogP contribution in [0.25, 0.3) is 0 Å². The van der Waals surface area contributed by atoms with Crippen molar-refractivity contribution < 1.29 is 13.2 Å². The second kappa shape index (κ2) is 4.91. The summed E-state index contributed by atoms with van der Waals surface area (Å²) in [6.07, 6.45) is -4.46. The number of amidine groups is 1. The van der Waals surface area contributed by atoms with Crippen molar-refractivity contribution in [2.24, 2.45) is 16.1 Å². The first-order valence-electron chi connectivity index (χ1n) is 5.23. The Morgan fingerprint density at radius 1 is 1.22 bits per heavy atom. The van der Waals surface area contributed by atoms with Crippen LogP contribution in [0.4, 0.5) is 18.9 Å². The summed E-state index contributed by atoms with van der Waals surface area (Å²) in [6, 6.07) is 3.80. The van der Waals surface area contributed by atoms with Crippen LogP contribution in [0.15, 0.2) is 27.7 Å². The quantitative estimate of drug-likeness (QED) is 0.600. The van der Waals surface area contributed by atoms with E-state index in [1.54, 1.807) is 20.8 Å². The fourth-order valence-electron chi connectivity index (χ4n) is 1.13. The minimum absolute atomic E-state index is 0.162. The molecule has 1 aromatic rings. The van der Waals surface area contributed by atoms with Gasteiger partial charge < -0.3 is 5.73 Å². The molecule has 0 aliphatic rings. The molecule has 0 atom stereocenters. The van der Waals surface area contributed by atoms with Crippen molar-refractivity contribution in [3.8, 4) is 0 Å². The predicted octanol–water partition coefficient (Wildman–Crippen LogP) is 4.50. The molecule has 0 spiro atoms. The highest BCUT2D eigenvalue weighted by atomic mass is 79.9. The highest BCUT2D eigenvalue weighted by Crippen LogP contribution is 2.38. The summed E-state index contributed by atoms with van der Waals surface area (Å²) in [6.45, 7) is 5.37. The second-order valence-electron chi connectivity index (χ2n) is 4.91. The normalized spacial score (nSPS) is 13.8. The molecule has 0 radical (unpaired) electrons. The summed E-state index contributed by atoms with van der Waals surface area (Å²) in [7, 11) is 0. The Morgan fingerprint density at radius 2 is 1.78 bits per heavy atom. The zero-order valence-electron chi connectivity index (χ0n) is 10.3. The van der Waals surface area contributed by atoms with E-state index in [0.29, 0.717) is 4.47 Å². The predicted molar refractivity (Wildman–Crippen MR) is 69.9 cm³/mol. The molecule has 2 nitrogen and oxygen atoms in total. The maximum absolute atomic E-state index is 12.8. The van der Waals surface area contributed by atoms with E-state index in [9.17, 15) is 13.2 Å². The summed E-state index contributed by atoms with van der Waals surface area (Å²) >= 11 is 3.01. The zero-order valence-corrected chi connectivity index (χ0v) is 11.9. The minimum Gasteiger partial charge on any atom is -0.387 e. The number of nitrogens with zero attached hydrogens (tertiary/aromatic N) is 1. The Morgan fingerprint density at radius 3 is 2.22 bits per heavy atom. The third-order valence-electron chi connectivity index (χ3n) is 2.27. The van der Waals surface area contributed by atoms with Gasteiger partial charge in [0, 0.05) is 9.89 Å². The molecule has 100 valence electrons. The van der Waals surface area contributed by atoms with E-state index in [2.05, 4.69) is 20.9 Å². The minimum atomic E-state index is -4.46. The van der Waals surface area contributed by atoms with Crippen LogP contribution in [0.1, 0.15) is 26.3 Å². The van der Waals surface area contributed by atoms with Gasteiger partial charge in [0.05, 0.1) is 11.3 Å². The van der Waals surface area contributed by atoms with Crippen LogP contribution < -0.4 is 5.73 Å². The van der Waals surface area contributed by atoms with Crippen LogP contribution >= 0.6 is 15.9 Å². The molecule has 1 rings (SSSR count). The van der Waals surface area contributed by atoms with Gasteiger partial charge in [0.1, 0.15) is 5.84 Å². The number of aliphatic imine (C=N–C) groups is 1. The Kier molecular flexibility index (Phi) is 4.10. The molecule has 0 bridgehead atoms. The van der Waals surface area contributed by atoms with E-state index in [4.69, 9.17) is 5.73 Å². The first kappa shape index (κ1) is 15.0. The fraction of sp³-hybridized carbons (Fsp3) is 0.417. The van der Waals surface area contributed by atoms with Crippen LogP contribution in [0, 0.1) is 5.41 Å². The van der Waals surface area contributed by atoms with Gasteiger partial charge in [-0.3, -0.25) is 0 Å². The van der Waals surface area contributed by atoms with Crippen LogP contribution in [0.5, 0.6) is 0 Å². The number of hydrogen-bond donors (Lipinski definition) is 1. The third-order valence-corrected chi connectivity index (χ3v) is 2.77. The van der Waals surface area contributed by atoms with Crippen LogP contribution in [-0.4, -0.2) is 5.84 Å². The Balaban J connectivity index is 3.35. The second-order valence-corrected chi connectivity index (χ2v) is 5.82. The molecule has 0 fully saturated rings. The van der Waals surface area contributed by atoms with E-state index in [-0.39, 0.29) is 11.5 Å². The highest BCUT2D eigenvalue weighted by molar-refractivity contribution is 9.10. The van der Waals surface area contributed by atoms with Crippen molar-refractivity contribution in [1.29, 1.82) is 0 Å². The monoisotopic (exact) mass is 322 g/mol. The molecule has 18 heavy (non-hydrogen) atoms. The molecule has 6 heteroatoms. The molecule has 0 heterocycles. The molecule has 0 aliphatic heterocycles. The first-order chi connectivity index (χ1) is 8.01. The number of hydrogen-bond acceptors (Lipinski definition) is 1. The molecular formula is C12H14BrF3N2. The van der Waals surface area contributed by atoms with Crippen LogP contribution in [-0.2, 0) is 6.18 Å². The SMILES string of the molecule is CC(C)(C)C(N)=Nc1ccc(Br)cc1C(F)(F)F. The van der Waals surface area contributed by atoms with Gasteiger partial charge in [-0.05, 0) is 18.2 Å². The standard InChI is InChI=1S/C12H14BrF3N2/c1-11(2,3)10(17)18-9-5-4-7(13)6-8(9)12(14,15)16/h4-6H,1-3H3,(H2,17,18). The van der Waals surface area contributed by atoms with Crippen molar-refractivity contribution in [3.05, 3.63) is 28.2 Å². The van der Waals surface area contributed by atoms with E-state index in [1.807, 2.05) is 0 Å². The largest absolute Gasteiger partial charge is 0.418 e. The zero-order chi connectivity index (χ0) is 14.1. The summed E-state index contributed by atoms with van der Waals surface area (Å²) < 4.78 is 38.9. The average Bonchev–Trinajstić information content (AvgIpc) is 2.17. The van der Waals surface area contributed by atoms with Gasteiger partial charge in [-0.15, -0.1) is 0 Å². The van der Waals surface area contributed by atoms with Gasteiger partial charge in [0.25, 0.3) is 0 Å². The molecule has 0 saturated carbocycles. The fourth-order valence-corrected chi connectivity index (χ4v) is 1.49. The van der Waals surface area contributed by atoms with Crippen molar-refractivity contribution in [2.45, 2.75) is 26.9 Å². The number of halogens is 4. The third kappa shape index (κ3) is 3.73. The summed E-state index contributed by atoms with van der Waals surface area (Å²) in [5.74, 6) is 0.162. The van der Waals surface area contributed by atoms with Gasteiger partial charge in [-0.2, -0.15) is 13.2 Å². The lowest BCUT2D eigenvalue weighted by molar-refractivity contribution is -0.137. The van der Waals surface area contributed by atoms with Crippen LogP contribution in [0.2, 0.25) is 0 Å². The molecule has 2 N–H and O–H groups in total. The van der Waals surface area contributed by atoms with Crippen molar-refractivity contribution in [1.82, 2.24) is 0 Å². The van der Waals surface area contributed by atoms with Crippen molar-refractivity contribution in [2.75, 3.05) is 0 Å². The number of nitrogens with two attached hydrogens (primary N) is 1. The molecule has 0 saturated heterocycles. The lowest BCUT2D eigenvalue weighted by Crippen LogP contribution is -2.28. The molecular weight excluding hydrogens is 309 g/mol. The summed E-state index contributed by atoms with van der Waals surface area (Å²) in [5.41, 5.74) is 4.26. The van der Waals surface area contributed by atoms with E-state index >= 15 is 0 Å². The van der Waals surface area contributed by atoms with Gasteiger partial charge in [-0.1, -0.05) is 36.7 Å². The van der Waals surface area contributed by atoms with E-state index in [1.165, 1.54) is 12.1 Å². The first-order valence-corrected chi connectivity index (χ1v) is 6.02.